The van der Waals surface area contributed by atoms with Crippen molar-refractivity contribution < 1.29 is 3.07 Å². The van der Waals surface area contributed by atoms with Gasteiger partial charge >= 0.3 is 0 Å². The summed E-state index contributed by atoms with van der Waals surface area (Å²) in [5.41, 5.74) is 0. The number of hydrogen-bond acceptors (Lipinski definition) is 1. The standard InChI is InChI=1S/C6H5IO.HI/c8-7-6-4-2-1-3-5-6;/h1-5H;1H. The van der Waals surface area contributed by atoms with Crippen molar-refractivity contribution in [3.8, 4) is 0 Å². The van der Waals surface area contributed by atoms with E-state index >= 15 is 0 Å². The van der Waals surface area contributed by atoms with Crippen molar-refractivity contribution in [3.63, 3.8) is 0 Å². The minimum Gasteiger partial charge on any atom is -0.265 e. The second kappa shape index (κ2) is 5.28. The quantitative estimate of drug-likeness (QED) is 0.714. The Hall–Kier alpha value is 0.480. The van der Waals surface area contributed by atoms with Crippen molar-refractivity contribution in [2.24, 2.45) is 0 Å². The van der Waals surface area contributed by atoms with E-state index in [1.54, 1.807) is 0 Å². The first-order chi connectivity index (χ1) is 3.93. The Bertz CT molecular complexity index is 174. The number of hydrogen-bond donors (Lipinski definition) is 0. The van der Waals surface area contributed by atoms with Crippen molar-refractivity contribution in [2.75, 3.05) is 0 Å². The molecule has 0 amide bonds. The lowest BCUT2D eigenvalue weighted by Gasteiger charge is -1.80. The average Bonchev–Trinajstić information content (AvgIpc) is 1.90. The molecule has 0 radical (unpaired) electrons. The maximum Gasteiger partial charge on any atom is 0.182 e. The van der Waals surface area contributed by atoms with E-state index < -0.39 is 21.2 Å². The highest BCUT2D eigenvalue weighted by Gasteiger charge is 1.81. The van der Waals surface area contributed by atoms with E-state index in [9.17, 15) is 3.07 Å². The second-order valence-electron chi connectivity index (χ2n) is 1.37. The Morgan fingerprint density at radius 3 is 2.00 bits per heavy atom. The monoisotopic (exact) mass is 348 g/mol. The van der Waals surface area contributed by atoms with Crippen LogP contribution in [0.4, 0.5) is 0 Å². The summed E-state index contributed by atoms with van der Waals surface area (Å²) in [7, 11) is 0. The summed E-state index contributed by atoms with van der Waals surface area (Å²) in [5.74, 6) is 0. The van der Waals surface area contributed by atoms with Crippen molar-refractivity contribution in [3.05, 3.63) is 33.9 Å². The molecule has 0 saturated carbocycles. The maximum absolute atomic E-state index is 10.2. The summed E-state index contributed by atoms with van der Waals surface area (Å²) in [5, 5.41) is 0. The van der Waals surface area contributed by atoms with Gasteiger partial charge in [0.2, 0.25) is 0 Å². The van der Waals surface area contributed by atoms with Gasteiger partial charge in [0.05, 0.1) is 0 Å². The molecule has 1 aromatic carbocycles. The molecule has 0 saturated heterocycles. The Labute approximate surface area is 81.5 Å². The van der Waals surface area contributed by atoms with Gasteiger partial charge in [-0.15, -0.1) is 24.0 Å². The molecule has 0 aromatic heterocycles. The molecule has 0 N–H and O–H groups in total. The van der Waals surface area contributed by atoms with Gasteiger partial charge in [0.1, 0.15) is 0 Å². The van der Waals surface area contributed by atoms with Gasteiger partial charge in [-0.3, -0.25) is 3.07 Å². The van der Waals surface area contributed by atoms with E-state index in [1.165, 1.54) is 0 Å². The lowest BCUT2D eigenvalue weighted by molar-refractivity contribution is 0.648. The summed E-state index contributed by atoms with van der Waals surface area (Å²) >= 11 is -0.941. The zero-order chi connectivity index (χ0) is 5.82. The molecule has 0 unspecified atom stereocenters. The molecule has 0 aliphatic rings. The molecule has 0 fully saturated rings. The third-order valence-electron chi connectivity index (χ3n) is 0.822. The predicted octanol–water partition coefficient (Wildman–Crippen LogP) is 2.79. The summed E-state index contributed by atoms with van der Waals surface area (Å²) in [6.45, 7) is 0. The van der Waals surface area contributed by atoms with Gasteiger partial charge in [0.15, 0.2) is 21.2 Å². The summed E-state index contributed by atoms with van der Waals surface area (Å²) in [4.78, 5) is 0. The fraction of sp³-hybridized carbons (Fsp3) is 0. The highest BCUT2D eigenvalue weighted by atomic mass is 127. The first kappa shape index (κ1) is 9.48. The van der Waals surface area contributed by atoms with Crippen LogP contribution < -0.4 is 0 Å². The van der Waals surface area contributed by atoms with Gasteiger partial charge in [-0.2, -0.15) is 0 Å². The highest BCUT2D eigenvalue weighted by Crippen LogP contribution is 2.06. The molecule has 0 spiro atoms. The van der Waals surface area contributed by atoms with Crippen molar-refractivity contribution in [1.82, 2.24) is 0 Å². The highest BCUT2D eigenvalue weighted by molar-refractivity contribution is 14.1. The van der Waals surface area contributed by atoms with E-state index in [0.29, 0.717) is 0 Å². The predicted molar refractivity (Wildman–Crippen MR) is 55.3 cm³/mol. The molecule has 1 nitrogen and oxygen atoms in total. The summed E-state index contributed by atoms with van der Waals surface area (Å²) < 4.78 is 11.2. The van der Waals surface area contributed by atoms with Crippen LogP contribution in [-0.2, 0) is 3.07 Å². The third kappa shape index (κ3) is 3.24. The number of halogens is 2. The van der Waals surface area contributed by atoms with Gasteiger partial charge in [0, 0.05) is 3.57 Å². The van der Waals surface area contributed by atoms with Gasteiger partial charge in [0.25, 0.3) is 0 Å². The zero-order valence-electron chi connectivity index (χ0n) is 4.58. The second-order valence-corrected chi connectivity index (χ2v) is 3.06. The normalized spacial score (nSPS) is 8.00. The molecular formula is C6H6I2O. The van der Waals surface area contributed by atoms with Crippen LogP contribution in [0.1, 0.15) is 0 Å². The first-order valence-corrected chi connectivity index (χ1v) is 4.21. The summed E-state index contributed by atoms with van der Waals surface area (Å²) in [6.07, 6.45) is 0. The maximum atomic E-state index is 10.2. The molecule has 50 valence electrons. The molecule has 1 aromatic rings. The SMILES string of the molecule is I.O=Ic1ccccc1. The van der Waals surface area contributed by atoms with E-state index in [1.807, 2.05) is 30.3 Å². The van der Waals surface area contributed by atoms with Gasteiger partial charge in [-0.1, -0.05) is 18.2 Å². The average molecular weight is 348 g/mol. The van der Waals surface area contributed by atoms with Crippen molar-refractivity contribution in [2.45, 2.75) is 0 Å². The lowest BCUT2D eigenvalue weighted by Crippen LogP contribution is -1.63. The van der Waals surface area contributed by atoms with Crippen LogP contribution in [0.3, 0.4) is 0 Å². The minimum absolute atomic E-state index is 0. The molecule has 0 atom stereocenters. The Kier molecular flexibility index (Phi) is 5.56. The third-order valence-corrected chi connectivity index (χ3v) is 2.05. The molecular weight excluding hydrogens is 342 g/mol. The van der Waals surface area contributed by atoms with Gasteiger partial charge in [-0.05, 0) is 12.1 Å². The first-order valence-electron chi connectivity index (χ1n) is 2.25. The van der Waals surface area contributed by atoms with Crippen molar-refractivity contribution in [1.29, 1.82) is 0 Å². The van der Waals surface area contributed by atoms with Crippen LogP contribution in [0.2, 0.25) is 0 Å². The van der Waals surface area contributed by atoms with Crippen LogP contribution in [0.25, 0.3) is 0 Å². The van der Waals surface area contributed by atoms with Gasteiger partial charge < -0.3 is 0 Å². The largest absolute Gasteiger partial charge is 0.265 e. The Morgan fingerprint density at radius 1 is 1.11 bits per heavy atom. The van der Waals surface area contributed by atoms with Crippen LogP contribution >= 0.6 is 45.2 Å². The van der Waals surface area contributed by atoms with Crippen LogP contribution in [0.5, 0.6) is 0 Å². The van der Waals surface area contributed by atoms with Crippen LogP contribution in [-0.4, -0.2) is 0 Å². The zero-order valence-corrected chi connectivity index (χ0v) is 9.07. The van der Waals surface area contributed by atoms with E-state index in [-0.39, 0.29) is 24.0 Å². The van der Waals surface area contributed by atoms with Crippen LogP contribution in [0, 0.1) is 3.57 Å². The minimum atomic E-state index is -0.941. The Morgan fingerprint density at radius 2 is 1.67 bits per heavy atom. The molecule has 0 aliphatic carbocycles. The fourth-order valence-corrected chi connectivity index (χ4v) is 1.17. The molecule has 0 aliphatic heterocycles. The van der Waals surface area contributed by atoms with Crippen LogP contribution in [0.15, 0.2) is 30.3 Å². The number of rotatable bonds is 1. The molecule has 0 bridgehead atoms. The Balaban J connectivity index is 0.000000640. The summed E-state index contributed by atoms with van der Waals surface area (Å²) in [6, 6.07) is 9.46. The fourth-order valence-electron chi connectivity index (χ4n) is 0.466. The lowest BCUT2D eigenvalue weighted by atomic mass is 10.4. The molecule has 1 rings (SSSR count). The van der Waals surface area contributed by atoms with E-state index in [2.05, 4.69) is 0 Å². The van der Waals surface area contributed by atoms with E-state index in [4.69, 9.17) is 0 Å². The smallest absolute Gasteiger partial charge is 0.182 e. The topological polar surface area (TPSA) is 17.1 Å². The van der Waals surface area contributed by atoms with Crippen molar-refractivity contribution >= 4 is 45.2 Å². The number of benzene rings is 1. The molecule has 0 heterocycles. The molecule has 9 heavy (non-hydrogen) atoms. The molecule has 3 heteroatoms. The van der Waals surface area contributed by atoms with E-state index in [0.717, 1.165) is 3.57 Å². The van der Waals surface area contributed by atoms with Gasteiger partial charge in [-0.25, -0.2) is 0 Å².